The van der Waals surface area contributed by atoms with Crippen molar-refractivity contribution in [2.75, 3.05) is 18.5 Å². The molecule has 1 aliphatic rings. The van der Waals surface area contributed by atoms with E-state index in [0.29, 0.717) is 13.1 Å². The summed E-state index contributed by atoms with van der Waals surface area (Å²) in [6, 6.07) is 17.4. The normalized spacial score (nSPS) is 16.3. The Balaban J connectivity index is 1.40. The molecule has 1 aromatic heterocycles. The topological polar surface area (TPSA) is 58.4 Å². The molecule has 2 heterocycles. The molecule has 6 nitrogen and oxygen atoms in total. The largest absolute Gasteiger partial charge is 0.341 e. The third kappa shape index (κ3) is 4.24. The minimum absolute atomic E-state index is 0.0176. The van der Waals surface area contributed by atoms with E-state index >= 15 is 0 Å². The molecule has 0 aliphatic carbocycles. The summed E-state index contributed by atoms with van der Waals surface area (Å²) < 4.78 is 2.75. The van der Waals surface area contributed by atoms with Crippen LogP contribution in [0, 0.1) is 5.92 Å². The van der Waals surface area contributed by atoms with Crippen LogP contribution >= 0.6 is 15.9 Å². The molecule has 0 spiro atoms. The van der Waals surface area contributed by atoms with Crippen molar-refractivity contribution in [2.24, 2.45) is 5.92 Å². The molecule has 0 saturated carbocycles. The van der Waals surface area contributed by atoms with Crippen LogP contribution in [0.15, 0.2) is 71.5 Å². The smallest absolute Gasteiger partial charge is 0.228 e. The van der Waals surface area contributed by atoms with Gasteiger partial charge in [0.05, 0.1) is 17.8 Å². The van der Waals surface area contributed by atoms with Gasteiger partial charge < -0.3 is 9.80 Å². The molecule has 2 amide bonds. The number of carbonyl (C=O) groups excluding carboxylic acids is 2. The molecule has 7 heteroatoms. The Kier molecular flexibility index (Phi) is 5.49. The first-order valence-corrected chi connectivity index (χ1v) is 10.2. The summed E-state index contributed by atoms with van der Waals surface area (Å²) in [5.41, 5.74) is 2.73. The number of anilines is 1. The van der Waals surface area contributed by atoms with E-state index < -0.39 is 0 Å². The van der Waals surface area contributed by atoms with Crippen LogP contribution in [0.2, 0.25) is 0 Å². The summed E-state index contributed by atoms with van der Waals surface area (Å²) in [6.45, 7) is 0.863. The van der Waals surface area contributed by atoms with Gasteiger partial charge in [0.1, 0.15) is 0 Å². The average Bonchev–Trinajstić information content (AvgIpc) is 3.35. The Morgan fingerprint density at radius 3 is 2.59 bits per heavy atom. The number of hydrogen-bond donors (Lipinski definition) is 0. The fourth-order valence-electron chi connectivity index (χ4n) is 3.57. The van der Waals surface area contributed by atoms with Crippen LogP contribution in [0.5, 0.6) is 0 Å². The molecule has 1 fully saturated rings. The minimum Gasteiger partial charge on any atom is -0.341 e. The molecule has 0 bridgehead atoms. The summed E-state index contributed by atoms with van der Waals surface area (Å²) in [5, 5.41) is 4.38. The first-order chi connectivity index (χ1) is 14.0. The fourth-order valence-corrected chi connectivity index (χ4v) is 3.84. The van der Waals surface area contributed by atoms with Gasteiger partial charge in [-0.15, -0.1) is 0 Å². The fraction of sp³-hybridized carbons (Fsp3) is 0.227. The third-order valence-electron chi connectivity index (χ3n) is 5.07. The number of para-hydroxylation sites is 1. The highest BCUT2D eigenvalue weighted by atomic mass is 79.9. The second kappa shape index (κ2) is 8.21. The van der Waals surface area contributed by atoms with Gasteiger partial charge in [0, 0.05) is 48.5 Å². The predicted molar refractivity (Wildman–Crippen MR) is 115 cm³/mol. The summed E-state index contributed by atoms with van der Waals surface area (Å²) in [4.78, 5) is 28.7. The van der Waals surface area contributed by atoms with Crippen molar-refractivity contribution in [3.8, 4) is 5.69 Å². The third-order valence-corrected chi connectivity index (χ3v) is 5.59. The quantitative estimate of drug-likeness (QED) is 0.593. The molecule has 1 aliphatic heterocycles. The van der Waals surface area contributed by atoms with E-state index in [0.717, 1.165) is 21.4 Å². The number of rotatable bonds is 5. The van der Waals surface area contributed by atoms with Crippen LogP contribution in [0.4, 0.5) is 5.69 Å². The van der Waals surface area contributed by atoms with Gasteiger partial charge in [-0.3, -0.25) is 9.59 Å². The van der Waals surface area contributed by atoms with E-state index in [9.17, 15) is 9.59 Å². The number of hydrogen-bond acceptors (Lipinski definition) is 3. The zero-order chi connectivity index (χ0) is 20.4. The van der Waals surface area contributed by atoms with Gasteiger partial charge in [-0.2, -0.15) is 5.10 Å². The summed E-state index contributed by atoms with van der Waals surface area (Å²) in [6.07, 6.45) is 3.93. The first kappa shape index (κ1) is 19.4. The second-order valence-corrected chi connectivity index (χ2v) is 8.12. The Morgan fingerprint density at radius 2 is 1.86 bits per heavy atom. The Labute approximate surface area is 177 Å². The van der Waals surface area contributed by atoms with Gasteiger partial charge in [-0.05, 0) is 36.4 Å². The van der Waals surface area contributed by atoms with Crippen LogP contribution in [-0.4, -0.2) is 40.1 Å². The summed E-state index contributed by atoms with van der Waals surface area (Å²) >= 11 is 3.40. The number of amides is 2. The second-order valence-electron chi connectivity index (χ2n) is 7.20. The van der Waals surface area contributed by atoms with E-state index in [1.165, 1.54) is 0 Å². The highest BCUT2D eigenvalue weighted by Gasteiger charge is 2.36. The zero-order valence-electron chi connectivity index (χ0n) is 16.0. The number of halogens is 1. The van der Waals surface area contributed by atoms with Crippen molar-refractivity contribution >= 4 is 33.4 Å². The summed E-state index contributed by atoms with van der Waals surface area (Å²) in [5.74, 6) is -0.373. The number of aromatic nitrogens is 2. The van der Waals surface area contributed by atoms with Crippen LogP contribution in [0.25, 0.3) is 5.69 Å². The maximum atomic E-state index is 12.9. The highest BCUT2D eigenvalue weighted by molar-refractivity contribution is 9.10. The standard InChI is InChI=1S/C22H21BrN4O2/c1-25(13-16-12-24-27(14-16)20-5-3-2-4-6-20)22(29)17-11-21(28)26(15-17)19-9-7-18(23)8-10-19/h2-10,12,14,17H,11,13,15H2,1H3. The van der Waals surface area contributed by atoms with E-state index in [1.54, 1.807) is 27.7 Å². The molecule has 0 radical (unpaired) electrons. The van der Waals surface area contributed by atoms with E-state index in [4.69, 9.17) is 0 Å². The van der Waals surface area contributed by atoms with Crippen molar-refractivity contribution in [2.45, 2.75) is 13.0 Å². The molecule has 4 rings (SSSR count). The molecule has 1 atom stereocenters. The van der Waals surface area contributed by atoms with Crippen LogP contribution in [-0.2, 0) is 16.1 Å². The van der Waals surface area contributed by atoms with Crippen molar-refractivity contribution in [1.82, 2.24) is 14.7 Å². The van der Waals surface area contributed by atoms with Crippen molar-refractivity contribution in [3.63, 3.8) is 0 Å². The molecular formula is C22H21BrN4O2. The molecule has 29 heavy (non-hydrogen) atoms. The van der Waals surface area contributed by atoms with Gasteiger partial charge in [0.15, 0.2) is 0 Å². The van der Waals surface area contributed by atoms with Gasteiger partial charge in [0.25, 0.3) is 0 Å². The Morgan fingerprint density at radius 1 is 1.14 bits per heavy atom. The molecule has 0 N–H and O–H groups in total. The SMILES string of the molecule is CN(Cc1cnn(-c2ccccc2)c1)C(=O)C1CC(=O)N(c2ccc(Br)cc2)C1. The van der Waals surface area contributed by atoms with Crippen LogP contribution < -0.4 is 4.90 Å². The number of nitrogens with zero attached hydrogens (tertiary/aromatic N) is 4. The highest BCUT2D eigenvalue weighted by Crippen LogP contribution is 2.27. The van der Waals surface area contributed by atoms with Gasteiger partial charge in [-0.25, -0.2) is 4.68 Å². The molecule has 148 valence electrons. The Hall–Kier alpha value is -2.93. The lowest BCUT2D eigenvalue weighted by molar-refractivity contribution is -0.135. The predicted octanol–water partition coefficient (Wildman–Crippen LogP) is 3.65. The van der Waals surface area contributed by atoms with E-state index in [2.05, 4.69) is 21.0 Å². The van der Waals surface area contributed by atoms with Crippen molar-refractivity contribution in [1.29, 1.82) is 0 Å². The van der Waals surface area contributed by atoms with Crippen molar-refractivity contribution < 1.29 is 9.59 Å². The molecule has 3 aromatic rings. The molecular weight excluding hydrogens is 432 g/mol. The van der Waals surface area contributed by atoms with E-state index in [-0.39, 0.29) is 24.2 Å². The van der Waals surface area contributed by atoms with Gasteiger partial charge >= 0.3 is 0 Å². The average molecular weight is 453 g/mol. The molecule has 1 unspecified atom stereocenters. The first-order valence-electron chi connectivity index (χ1n) is 9.41. The monoisotopic (exact) mass is 452 g/mol. The van der Waals surface area contributed by atoms with Crippen LogP contribution in [0.1, 0.15) is 12.0 Å². The maximum absolute atomic E-state index is 12.9. The molecule has 2 aromatic carbocycles. The van der Waals surface area contributed by atoms with E-state index in [1.807, 2.05) is 60.8 Å². The van der Waals surface area contributed by atoms with Gasteiger partial charge in [0.2, 0.25) is 11.8 Å². The lowest BCUT2D eigenvalue weighted by atomic mass is 10.1. The van der Waals surface area contributed by atoms with Crippen LogP contribution in [0.3, 0.4) is 0 Å². The molecule has 1 saturated heterocycles. The maximum Gasteiger partial charge on any atom is 0.228 e. The zero-order valence-corrected chi connectivity index (χ0v) is 17.6. The van der Waals surface area contributed by atoms with Gasteiger partial charge in [-0.1, -0.05) is 34.1 Å². The lowest BCUT2D eigenvalue weighted by Gasteiger charge is -2.21. The minimum atomic E-state index is -0.333. The lowest BCUT2D eigenvalue weighted by Crippen LogP contribution is -2.34. The Bertz CT molecular complexity index is 1020. The summed E-state index contributed by atoms with van der Waals surface area (Å²) in [7, 11) is 1.77. The number of benzene rings is 2. The van der Waals surface area contributed by atoms with Crippen molar-refractivity contribution in [3.05, 3.63) is 77.0 Å². The number of carbonyl (C=O) groups is 2.